The molecule has 1 aliphatic rings. The summed E-state index contributed by atoms with van der Waals surface area (Å²) in [6.07, 6.45) is 1.66. The molecule has 146 valence electrons. The van der Waals surface area contributed by atoms with Crippen molar-refractivity contribution < 1.29 is 19.4 Å². The molecular weight excluding hydrogens is 354 g/mol. The molecule has 7 nitrogen and oxygen atoms in total. The number of rotatable bonds is 4. The molecule has 2 rings (SSSR count). The van der Waals surface area contributed by atoms with Gasteiger partial charge in [0.05, 0.1) is 18.2 Å². The van der Waals surface area contributed by atoms with Crippen molar-refractivity contribution in [1.29, 1.82) is 0 Å². The fourth-order valence-corrected chi connectivity index (χ4v) is 4.07. The number of thioether (sulfide) groups is 1. The van der Waals surface area contributed by atoms with Crippen LogP contribution >= 0.6 is 11.8 Å². The maximum atomic E-state index is 12.1. The lowest BCUT2D eigenvalue weighted by atomic mass is 10.2. The molecule has 8 heteroatoms. The minimum absolute atomic E-state index is 0.0788. The maximum Gasteiger partial charge on any atom is 0.320 e. The van der Waals surface area contributed by atoms with E-state index in [9.17, 15) is 9.90 Å². The Morgan fingerprint density at radius 3 is 2.38 bits per heavy atom. The number of ether oxygens (including phenoxy) is 2. The molecule has 26 heavy (non-hydrogen) atoms. The predicted molar refractivity (Wildman–Crippen MR) is 101 cm³/mol. The van der Waals surface area contributed by atoms with E-state index in [1.807, 2.05) is 41.5 Å². The van der Waals surface area contributed by atoms with E-state index in [-0.39, 0.29) is 29.9 Å². The molecule has 0 spiro atoms. The molecule has 2 heterocycles. The number of carbonyl (C=O) groups is 1. The third kappa shape index (κ3) is 5.23. The molecule has 0 unspecified atom stereocenters. The van der Waals surface area contributed by atoms with Crippen LogP contribution in [0.4, 0.5) is 0 Å². The molecular formula is C18H29N3O4S. The molecule has 1 aromatic rings. The van der Waals surface area contributed by atoms with Gasteiger partial charge in [0.25, 0.3) is 0 Å². The van der Waals surface area contributed by atoms with Crippen molar-refractivity contribution in [3.8, 4) is 11.9 Å². The number of aliphatic hydroxyl groups is 1. The zero-order valence-corrected chi connectivity index (χ0v) is 17.4. The highest BCUT2D eigenvalue weighted by Crippen LogP contribution is 2.44. The van der Waals surface area contributed by atoms with E-state index in [1.54, 1.807) is 22.9 Å². The van der Waals surface area contributed by atoms with Gasteiger partial charge in [0.15, 0.2) is 0 Å². The summed E-state index contributed by atoms with van der Waals surface area (Å²) in [6.45, 7) is 13.0. The Balaban J connectivity index is 2.44. The van der Waals surface area contributed by atoms with Gasteiger partial charge in [0, 0.05) is 18.9 Å². The second kappa shape index (κ2) is 7.60. The van der Waals surface area contributed by atoms with Crippen LogP contribution in [-0.2, 0) is 4.79 Å². The minimum atomic E-state index is -0.469. The minimum Gasteiger partial charge on any atom is -0.472 e. The van der Waals surface area contributed by atoms with E-state index >= 15 is 0 Å². The Bertz CT molecular complexity index is 655. The monoisotopic (exact) mass is 383 g/mol. The highest BCUT2D eigenvalue weighted by atomic mass is 32.2. The van der Waals surface area contributed by atoms with Crippen molar-refractivity contribution in [1.82, 2.24) is 14.9 Å². The van der Waals surface area contributed by atoms with Crippen molar-refractivity contribution in [2.75, 3.05) is 12.4 Å². The Hall–Kier alpha value is -1.54. The third-order valence-corrected chi connectivity index (χ3v) is 4.87. The third-order valence-electron chi connectivity index (χ3n) is 3.49. The summed E-state index contributed by atoms with van der Waals surface area (Å²) in [4.78, 5) is 22.6. The van der Waals surface area contributed by atoms with Gasteiger partial charge in [0.2, 0.25) is 11.8 Å². The predicted octanol–water partition coefficient (Wildman–Crippen LogP) is 2.79. The van der Waals surface area contributed by atoms with Gasteiger partial charge < -0.3 is 19.5 Å². The standard InChI is InChI=1S/C18H29N3O4S/c1-11(23)21-12(9-22)10-26-15(21)13-8-19-16(25-18(5,6)7)20-14(13)24-17(2,3)4/h8,12,15,22H,9-10H2,1-7H3/t12-,15-/m1/s1. The largest absolute Gasteiger partial charge is 0.472 e. The van der Waals surface area contributed by atoms with Crippen molar-refractivity contribution in [2.45, 2.75) is 71.1 Å². The van der Waals surface area contributed by atoms with Crippen molar-refractivity contribution in [3.05, 3.63) is 11.8 Å². The van der Waals surface area contributed by atoms with Crippen LogP contribution < -0.4 is 9.47 Å². The van der Waals surface area contributed by atoms with Crippen LogP contribution in [0.5, 0.6) is 11.9 Å². The van der Waals surface area contributed by atoms with Gasteiger partial charge in [-0.2, -0.15) is 4.98 Å². The van der Waals surface area contributed by atoms with Crippen LogP contribution in [0, 0.1) is 0 Å². The van der Waals surface area contributed by atoms with E-state index in [4.69, 9.17) is 9.47 Å². The Labute approximate surface area is 159 Å². The van der Waals surface area contributed by atoms with Crippen molar-refractivity contribution in [3.63, 3.8) is 0 Å². The van der Waals surface area contributed by atoms with Gasteiger partial charge in [-0.05, 0) is 41.5 Å². The first-order valence-corrected chi connectivity index (χ1v) is 9.72. The quantitative estimate of drug-likeness (QED) is 0.856. The van der Waals surface area contributed by atoms with Gasteiger partial charge in [-0.15, -0.1) is 11.8 Å². The molecule has 0 aliphatic carbocycles. The number of aromatic nitrogens is 2. The molecule has 0 bridgehead atoms. The van der Waals surface area contributed by atoms with Gasteiger partial charge in [-0.1, -0.05) is 0 Å². The topological polar surface area (TPSA) is 84.8 Å². The van der Waals surface area contributed by atoms with Crippen LogP contribution in [0.3, 0.4) is 0 Å². The lowest BCUT2D eigenvalue weighted by Gasteiger charge is -2.30. The summed E-state index contributed by atoms with van der Waals surface area (Å²) in [7, 11) is 0. The fraction of sp³-hybridized carbons (Fsp3) is 0.722. The summed E-state index contributed by atoms with van der Waals surface area (Å²) in [5.41, 5.74) is -0.198. The second-order valence-electron chi connectivity index (χ2n) is 8.29. The summed E-state index contributed by atoms with van der Waals surface area (Å²) < 4.78 is 11.8. The molecule has 1 aliphatic heterocycles. The first-order chi connectivity index (χ1) is 11.9. The molecule has 2 atom stereocenters. The molecule has 0 saturated carbocycles. The van der Waals surface area contributed by atoms with Crippen molar-refractivity contribution in [2.24, 2.45) is 0 Å². The highest BCUT2D eigenvalue weighted by Gasteiger charge is 2.39. The van der Waals surface area contributed by atoms with E-state index in [0.717, 1.165) is 0 Å². The SMILES string of the molecule is CC(=O)N1[C@H](CO)CS[C@@H]1c1cnc(OC(C)(C)C)nc1OC(C)(C)C. The summed E-state index contributed by atoms with van der Waals surface area (Å²) in [6, 6.07) is 0.00654. The number of amides is 1. The second-order valence-corrected chi connectivity index (χ2v) is 9.40. The zero-order chi connectivity index (χ0) is 19.7. The number of hydrogen-bond donors (Lipinski definition) is 1. The molecule has 0 radical (unpaired) electrons. The Morgan fingerprint density at radius 2 is 1.88 bits per heavy atom. The lowest BCUT2D eigenvalue weighted by molar-refractivity contribution is -0.131. The fourth-order valence-electron chi connectivity index (χ4n) is 2.58. The van der Waals surface area contributed by atoms with E-state index in [0.29, 0.717) is 17.2 Å². The average molecular weight is 384 g/mol. The normalized spacial score (nSPS) is 21.0. The highest BCUT2D eigenvalue weighted by molar-refractivity contribution is 7.99. The van der Waals surface area contributed by atoms with Crippen LogP contribution in [0.25, 0.3) is 0 Å². The lowest BCUT2D eigenvalue weighted by Crippen LogP contribution is -2.39. The van der Waals surface area contributed by atoms with Crippen LogP contribution in [0.2, 0.25) is 0 Å². The molecule has 1 saturated heterocycles. The van der Waals surface area contributed by atoms with E-state index < -0.39 is 11.2 Å². The van der Waals surface area contributed by atoms with E-state index in [1.165, 1.54) is 6.92 Å². The smallest absolute Gasteiger partial charge is 0.320 e. The average Bonchev–Trinajstić information content (AvgIpc) is 2.88. The van der Waals surface area contributed by atoms with Gasteiger partial charge in [0.1, 0.15) is 16.6 Å². The van der Waals surface area contributed by atoms with Crippen LogP contribution in [0.15, 0.2) is 6.20 Å². The number of carbonyl (C=O) groups excluding carboxylic acids is 1. The summed E-state index contributed by atoms with van der Waals surface area (Å²) in [5.74, 6) is 0.945. The maximum absolute atomic E-state index is 12.1. The molecule has 1 fully saturated rings. The first kappa shape index (κ1) is 20.8. The number of nitrogens with zero attached hydrogens (tertiary/aromatic N) is 3. The van der Waals surface area contributed by atoms with Gasteiger partial charge in [-0.25, -0.2) is 4.98 Å². The van der Waals surface area contributed by atoms with Gasteiger partial charge in [-0.3, -0.25) is 4.79 Å². The molecule has 0 aromatic carbocycles. The van der Waals surface area contributed by atoms with Crippen molar-refractivity contribution >= 4 is 17.7 Å². The first-order valence-electron chi connectivity index (χ1n) is 8.67. The molecule has 1 amide bonds. The van der Waals surface area contributed by atoms with Gasteiger partial charge >= 0.3 is 6.01 Å². The number of hydrogen-bond acceptors (Lipinski definition) is 7. The molecule has 1 N–H and O–H groups in total. The summed E-state index contributed by atoms with van der Waals surface area (Å²) >= 11 is 1.57. The van der Waals surface area contributed by atoms with Crippen LogP contribution in [0.1, 0.15) is 59.4 Å². The number of aliphatic hydroxyl groups excluding tert-OH is 1. The van der Waals surface area contributed by atoms with E-state index in [2.05, 4.69) is 9.97 Å². The Morgan fingerprint density at radius 1 is 1.27 bits per heavy atom. The molecule has 1 aromatic heterocycles. The summed E-state index contributed by atoms with van der Waals surface area (Å²) in [5, 5.41) is 9.29. The van der Waals surface area contributed by atoms with Crippen LogP contribution in [-0.4, -0.2) is 55.5 Å². The zero-order valence-electron chi connectivity index (χ0n) is 16.6. The Kier molecular flexibility index (Phi) is 6.07.